The monoisotopic (exact) mass is 315 g/mol. The van der Waals surface area contributed by atoms with Crippen LogP contribution in [0, 0.1) is 10.1 Å². The Morgan fingerprint density at radius 1 is 1.35 bits per heavy atom. The normalized spacial score (nSPS) is 10.5. The number of rotatable bonds is 5. The van der Waals surface area contributed by atoms with E-state index < -0.39 is 10.8 Å². The number of nitrogens with one attached hydrogen (secondary N) is 1. The van der Waals surface area contributed by atoms with E-state index in [0.29, 0.717) is 11.3 Å². The molecule has 0 spiro atoms. The molecular formula is C15H13N3O5. The van der Waals surface area contributed by atoms with E-state index in [4.69, 9.17) is 4.74 Å². The van der Waals surface area contributed by atoms with E-state index in [2.05, 4.69) is 10.5 Å². The first-order chi connectivity index (χ1) is 11.0. The molecule has 0 atom stereocenters. The molecular weight excluding hydrogens is 302 g/mol. The predicted octanol–water partition coefficient (Wildman–Crippen LogP) is 2.07. The summed E-state index contributed by atoms with van der Waals surface area (Å²) >= 11 is 0. The lowest BCUT2D eigenvalue weighted by molar-refractivity contribution is -0.384. The molecule has 0 heterocycles. The van der Waals surface area contributed by atoms with Gasteiger partial charge >= 0.3 is 0 Å². The number of ether oxygens (including phenoxy) is 1. The molecule has 0 bridgehead atoms. The number of nitro benzene ring substituents is 1. The van der Waals surface area contributed by atoms with Crippen LogP contribution in [-0.2, 0) is 0 Å². The lowest BCUT2D eigenvalue weighted by Crippen LogP contribution is -2.17. The summed E-state index contributed by atoms with van der Waals surface area (Å²) in [4.78, 5) is 22.0. The van der Waals surface area contributed by atoms with Crippen LogP contribution in [-0.4, -0.2) is 29.3 Å². The van der Waals surface area contributed by atoms with Crippen molar-refractivity contribution in [3.63, 3.8) is 0 Å². The second kappa shape index (κ2) is 7.03. The Morgan fingerprint density at radius 3 is 2.78 bits per heavy atom. The Labute approximate surface area is 131 Å². The quantitative estimate of drug-likeness (QED) is 0.498. The van der Waals surface area contributed by atoms with Gasteiger partial charge in [-0.3, -0.25) is 14.9 Å². The van der Waals surface area contributed by atoms with Gasteiger partial charge in [-0.05, 0) is 12.1 Å². The average Bonchev–Trinajstić information content (AvgIpc) is 2.54. The Bertz CT molecular complexity index is 773. The number of methoxy groups -OCH3 is 1. The summed E-state index contributed by atoms with van der Waals surface area (Å²) in [7, 11) is 1.44. The fourth-order valence-corrected chi connectivity index (χ4v) is 1.77. The standard InChI is InChI=1S/C15H13N3O5/c1-23-12-5-6-13(14(19)8-12)15(20)17-16-9-10-3-2-4-11(7-10)18(21)22/h2-9,19H,1H3,(H,17,20)/b16-9-. The van der Waals surface area contributed by atoms with Crippen LogP contribution in [0.3, 0.4) is 0 Å². The molecule has 0 saturated heterocycles. The number of non-ortho nitro benzene ring substituents is 1. The number of phenolic OH excluding ortho intramolecular Hbond substituents is 1. The van der Waals surface area contributed by atoms with E-state index in [1.165, 1.54) is 49.7 Å². The SMILES string of the molecule is COc1ccc(C(=O)N/N=C\c2cccc([N+](=O)[O-])c2)c(O)c1. The highest BCUT2D eigenvalue weighted by molar-refractivity contribution is 5.97. The molecule has 0 aromatic heterocycles. The maximum absolute atomic E-state index is 11.9. The first-order valence-corrected chi connectivity index (χ1v) is 6.46. The van der Waals surface area contributed by atoms with Crippen molar-refractivity contribution < 1.29 is 19.6 Å². The van der Waals surface area contributed by atoms with Gasteiger partial charge in [0.25, 0.3) is 11.6 Å². The van der Waals surface area contributed by atoms with Gasteiger partial charge in [0.15, 0.2) is 0 Å². The largest absolute Gasteiger partial charge is 0.507 e. The third kappa shape index (κ3) is 4.03. The molecule has 2 aromatic carbocycles. The summed E-state index contributed by atoms with van der Waals surface area (Å²) in [5.41, 5.74) is 2.64. The van der Waals surface area contributed by atoms with Crippen molar-refractivity contribution in [3.05, 3.63) is 63.7 Å². The zero-order chi connectivity index (χ0) is 16.8. The first-order valence-electron chi connectivity index (χ1n) is 6.46. The zero-order valence-electron chi connectivity index (χ0n) is 12.1. The number of hydrogen-bond acceptors (Lipinski definition) is 6. The maximum atomic E-state index is 11.9. The number of phenols is 1. The van der Waals surface area contributed by atoms with Gasteiger partial charge in [0.05, 0.1) is 23.8 Å². The summed E-state index contributed by atoms with van der Waals surface area (Å²) in [6.07, 6.45) is 1.27. The van der Waals surface area contributed by atoms with E-state index in [0.717, 1.165) is 0 Å². The van der Waals surface area contributed by atoms with Gasteiger partial charge in [0.2, 0.25) is 0 Å². The summed E-state index contributed by atoms with van der Waals surface area (Å²) in [6.45, 7) is 0. The Hall–Kier alpha value is -3.42. The fraction of sp³-hybridized carbons (Fsp3) is 0.0667. The number of nitro groups is 1. The van der Waals surface area contributed by atoms with Crippen LogP contribution in [0.15, 0.2) is 47.6 Å². The third-order valence-corrected chi connectivity index (χ3v) is 2.91. The Kier molecular flexibility index (Phi) is 4.88. The van der Waals surface area contributed by atoms with Crippen molar-refractivity contribution in [2.75, 3.05) is 7.11 Å². The van der Waals surface area contributed by atoms with Crippen LogP contribution in [0.5, 0.6) is 11.5 Å². The fourth-order valence-electron chi connectivity index (χ4n) is 1.77. The van der Waals surface area contributed by atoms with Crippen LogP contribution in [0.25, 0.3) is 0 Å². The Morgan fingerprint density at radius 2 is 2.13 bits per heavy atom. The molecule has 8 heteroatoms. The highest BCUT2D eigenvalue weighted by atomic mass is 16.6. The minimum atomic E-state index is -0.619. The lowest BCUT2D eigenvalue weighted by Gasteiger charge is -2.05. The molecule has 2 rings (SSSR count). The van der Waals surface area contributed by atoms with E-state index in [1.54, 1.807) is 6.07 Å². The van der Waals surface area contributed by atoms with E-state index in [1.807, 2.05) is 0 Å². The molecule has 0 aliphatic rings. The predicted molar refractivity (Wildman–Crippen MR) is 82.8 cm³/mol. The summed E-state index contributed by atoms with van der Waals surface area (Å²) < 4.78 is 4.92. The number of aromatic hydroxyl groups is 1. The van der Waals surface area contributed by atoms with Gasteiger partial charge in [0.1, 0.15) is 11.5 Å². The van der Waals surface area contributed by atoms with Crippen LogP contribution in [0.1, 0.15) is 15.9 Å². The van der Waals surface area contributed by atoms with E-state index in [9.17, 15) is 20.0 Å². The van der Waals surface area contributed by atoms with Gasteiger partial charge in [-0.15, -0.1) is 0 Å². The van der Waals surface area contributed by atoms with Gasteiger partial charge in [0, 0.05) is 23.8 Å². The summed E-state index contributed by atoms with van der Waals surface area (Å²) in [6, 6.07) is 10.0. The molecule has 0 aliphatic carbocycles. The second-order valence-electron chi connectivity index (χ2n) is 4.43. The van der Waals surface area contributed by atoms with Gasteiger partial charge < -0.3 is 9.84 Å². The van der Waals surface area contributed by atoms with Gasteiger partial charge in [-0.2, -0.15) is 5.10 Å². The van der Waals surface area contributed by atoms with Crippen molar-refractivity contribution in [3.8, 4) is 11.5 Å². The lowest BCUT2D eigenvalue weighted by atomic mass is 10.2. The van der Waals surface area contributed by atoms with E-state index >= 15 is 0 Å². The van der Waals surface area contributed by atoms with Crippen LogP contribution >= 0.6 is 0 Å². The Balaban J connectivity index is 2.07. The highest BCUT2D eigenvalue weighted by Gasteiger charge is 2.11. The molecule has 0 saturated carbocycles. The molecule has 0 fully saturated rings. The molecule has 1 amide bonds. The number of hydrazone groups is 1. The highest BCUT2D eigenvalue weighted by Crippen LogP contribution is 2.23. The smallest absolute Gasteiger partial charge is 0.275 e. The maximum Gasteiger partial charge on any atom is 0.275 e. The minimum absolute atomic E-state index is 0.0296. The van der Waals surface area contributed by atoms with Gasteiger partial charge in [-0.1, -0.05) is 12.1 Å². The van der Waals surface area contributed by atoms with Crippen molar-refractivity contribution in [1.29, 1.82) is 0 Å². The number of hydrogen-bond donors (Lipinski definition) is 2. The zero-order valence-corrected chi connectivity index (χ0v) is 12.1. The van der Waals surface area contributed by atoms with Gasteiger partial charge in [-0.25, -0.2) is 5.43 Å². The second-order valence-corrected chi connectivity index (χ2v) is 4.43. The molecule has 8 nitrogen and oxygen atoms in total. The molecule has 0 aliphatic heterocycles. The number of benzene rings is 2. The number of carbonyl (C=O) groups excluding carboxylic acids is 1. The summed E-state index contributed by atoms with van der Waals surface area (Å²) in [5, 5.41) is 24.1. The molecule has 118 valence electrons. The number of carbonyl (C=O) groups is 1. The molecule has 0 radical (unpaired) electrons. The number of amides is 1. The third-order valence-electron chi connectivity index (χ3n) is 2.91. The first kappa shape index (κ1) is 16.0. The topological polar surface area (TPSA) is 114 Å². The molecule has 2 N–H and O–H groups in total. The average molecular weight is 315 g/mol. The van der Waals surface area contributed by atoms with Crippen molar-refractivity contribution in [2.45, 2.75) is 0 Å². The number of nitrogens with zero attached hydrogens (tertiary/aromatic N) is 2. The summed E-state index contributed by atoms with van der Waals surface area (Å²) in [5.74, 6) is -0.446. The van der Waals surface area contributed by atoms with Crippen LogP contribution in [0.2, 0.25) is 0 Å². The van der Waals surface area contributed by atoms with Crippen molar-refractivity contribution in [1.82, 2.24) is 5.43 Å². The van der Waals surface area contributed by atoms with Crippen molar-refractivity contribution >= 4 is 17.8 Å². The molecule has 2 aromatic rings. The molecule has 23 heavy (non-hydrogen) atoms. The van der Waals surface area contributed by atoms with Crippen molar-refractivity contribution in [2.24, 2.45) is 5.10 Å². The van der Waals surface area contributed by atoms with E-state index in [-0.39, 0.29) is 17.0 Å². The van der Waals surface area contributed by atoms with Crippen LogP contribution < -0.4 is 10.2 Å². The minimum Gasteiger partial charge on any atom is -0.507 e. The van der Waals surface area contributed by atoms with Crippen LogP contribution in [0.4, 0.5) is 5.69 Å². The molecule has 0 unspecified atom stereocenters.